The van der Waals surface area contributed by atoms with Gasteiger partial charge in [-0.05, 0) is 30.0 Å². The highest BCUT2D eigenvalue weighted by Gasteiger charge is 2.23. The molecule has 0 aromatic heterocycles. The maximum Gasteiger partial charge on any atom is 0.319 e. The Hall–Kier alpha value is -2.29. The fraction of sp³-hybridized carbons (Fsp3) is 0.278. The Morgan fingerprint density at radius 2 is 1.52 bits per heavy atom. The summed E-state index contributed by atoms with van der Waals surface area (Å²) in [4.78, 5) is 13.7. The average Bonchev–Trinajstić information content (AvgIpc) is 2.48. The quantitative estimate of drug-likeness (QED) is 0.884. The first-order valence-electron chi connectivity index (χ1n) is 7.25. The van der Waals surface area contributed by atoms with E-state index in [-0.39, 0.29) is 6.04 Å². The minimum absolute atomic E-state index is 0.108. The van der Waals surface area contributed by atoms with Gasteiger partial charge < -0.3 is 5.73 Å². The van der Waals surface area contributed by atoms with Crippen molar-refractivity contribution in [2.75, 3.05) is 4.90 Å². The van der Waals surface area contributed by atoms with Gasteiger partial charge in [-0.2, -0.15) is 0 Å². The maximum absolute atomic E-state index is 12.0. The van der Waals surface area contributed by atoms with Crippen molar-refractivity contribution >= 4 is 11.7 Å². The van der Waals surface area contributed by atoms with Crippen molar-refractivity contribution < 1.29 is 4.79 Å². The van der Waals surface area contributed by atoms with Crippen molar-refractivity contribution in [3.8, 4) is 0 Å². The molecule has 0 heterocycles. The van der Waals surface area contributed by atoms with Gasteiger partial charge in [0.15, 0.2) is 0 Å². The van der Waals surface area contributed by atoms with Gasteiger partial charge >= 0.3 is 6.03 Å². The molecule has 2 rings (SSSR count). The monoisotopic (exact) mass is 282 g/mol. The van der Waals surface area contributed by atoms with Gasteiger partial charge in [0.05, 0.1) is 6.04 Å². The van der Waals surface area contributed by atoms with Crippen LogP contribution >= 0.6 is 0 Å². The Balaban J connectivity index is 2.48. The number of hydrogen-bond acceptors (Lipinski definition) is 1. The van der Waals surface area contributed by atoms with Crippen molar-refractivity contribution in [3.05, 3.63) is 65.7 Å². The van der Waals surface area contributed by atoms with Crippen molar-refractivity contribution in [1.82, 2.24) is 0 Å². The molecule has 0 aliphatic rings. The molecule has 21 heavy (non-hydrogen) atoms. The first kappa shape index (κ1) is 15.1. The van der Waals surface area contributed by atoms with Crippen molar-refractivity contribution in [3.63, 3.8) is 0 Å². The molecule has 0 fully saturated rings. The minimum atomic E-state index is -0.431. The Morgan fingerprint density at radius 1 is 0.952 bits per heavy atom. The highest BCUT2D eigenvalue weighted by atomic mass is 16.2. The van der Waals surface area contributed by atoms with Crippen LogP contribution in [0, 0.1) is 0 Å². The van der Waals surface area contributed by atoms with E-state index in [2.05, 4.69) is 13.8 Å². The summed E-state index contributed by atoms with van der Waals surface area (Å²) in [6, 6.07) is 17.3. The number of amides is 2. The molecule has 0 bridgehead atoms. The number of carbonyl (C=O) groups excluding carboxylic acids is 1. The number of urea groups is 1. The molecular weight excluding hydrogens is 260 g/mol. The second kappa shape index (κ2) is 6.44. The first-order chi connectivity index (χ1) is 10.0. The van der Waals surface area contributed by atoms with Crippen LogP contribution in [0.15, 0.2) is 54.6 Å². The normalized spacial score (nSPS) is 12.2. The molecular formula is C18H22N2O. The van der Waals surface area contributed by atoms with Gasteiger partial charge in [-0.15, -0.1) is 0 Å². The molecule has 110 valence electrons. The molecule has 0 aliphatic heterocycles. The standard InChI is InChI=1S/C18H22N2O/c1-13(2)16-11-7-8-12-17(16)20(18(19)21)14(3)15-9-5-4-6-10-15/h4-14H,1-3H3,(H2,19,21). The molecule has 2 N–H and O–H groups in total. The SMILES string of the molecule is CC(C)c1ccccc1N(C(N)=O)C(C)c1ccccc1. The molecule has 3 heteroatoms. The number of para-hydroxylation sites is 1. The summed E-state index contributed by atoms with van der Waals surface area (Å²) in [6.07, 6.45) is 0. The van der Waals surface area contributed by atoms with E-state index in [9.17, 15) is 4.79 Å². The van der Waals surface area contributed by atoms with Crippen molar-refractivity contribution in [2.45, 2.75) is 32.7 Å². The molecule has 2 aromatic carbocycles. The summed E-state index contributed by atoms with van der Waals surface area (Å²) in [6.45, 7) is 6.23. The fourth-order valence-corrected chi connectivity index (χ4v) is 2.59. The van der Waals surface area contributed by atoms with E-state index in [0.717, 1.165) is 16.8 Å². The second-order valence-corrected chi connectivity index (χ2v) is 5.51. The van der Waals surface area contributed by atoms with Crippen molar-refractivity contribution in [1.29, 1.82) is 0 Å². The number of anilines is 1. The van der Waals surface area contributed by atoms with E-state index in [4.69, 9.17) is 5.73 Å². The number of nitrogens with zero attached hydrogens (tertiary/aromatic N) is 1. The first-order valence-corrected chi connectivity index (χ1v) is 7.25. The van der Waals surface area contributed by atoms with Gasteiger partial charge in [-0.1, -0.05) is 62.4 Å². The van der Waals surface area contributed by atoms with Gasteiger partial charge in [0, 0.05) is 5.69 Å². The zero-order chi connectivity index (χ0) is 15.4. The smallest absolute Gasteiger partial charge is 0.319 e. The zero-order valence-corrected chi connectivity index (χ0v) is 12.8. The molecule has 3 nitrogen and oxygen atoms in total. The molecule has 0 saturated heterocycles. The largest absolute Gasteiger partial charge is 0.351 e. The van der Waals surface area contributed by atoms with Crippen LogP contribution in [0.5, 0.6) is 0 Å². The van der Waals surface area contributed by atoms with Crippen LogP contribution in [0.3, 0.4) is 0 Å². The molecule has 0 radical (unpaired) electrons. The number of rotatable bonds is 4. The van der Waals surface area contributed by atoms with Gasteiger partial charge in [-0.3, -0.25) is 4.90 Å². The van der Waals surface area contributed by atoms with Crippen LogP contribution in [0.2, 0.25) is 0 Å². The van der Waals surface area contributed by atoms with Crippen LogP contribution in [0.25, 0.3) is 0 Å². The van der Waals surface area contributed by atoms with Crippen LogP contribution in [0.4, 0.5) is 10.5 Å². The molecule has 1 atom stereocenters. The molecule has 2 amide bonds. The Morgan fingerprint density at radius 3 is 2.10 bits per heavy atom. The topological polar surface area (TPSA) is 46.3 Å². The third-order valence-electron chi connectivity index (χ3n) is 3.73. The number of primary amides is 1. The summed E-state index contributed by atoms with van der Waals surface area (Å²) >= 11 is 0. The van der Waals surface area contributed by atoms with E-state index in [1.807, 2.05) is 61.5 Å². The number of hydrogen-bond donors (Lipinski definition) is 1. The Labute approximate surface area is 126 Å². The lowest BCUT2D eigenvalue weighted by molar-refractivity contribution is 0.252. The molecule has 0 saturated carbocycles. The summed E-state index contributed by atoms with van der Waals surface area (Å²) in [5, 5.41) is 0. The fourth-order valence-electron chi connectivity index (χ4n) is 2.59. The summed E-state index contributed by atoms with van der Waals surface area (Å²) in [7, 11) is 0. The predicted molar refractivity (Wildman–Crippen MR) is 87.5 cm³/mol. The molecule has 0 spiro atoms. The lowest BCUT2D eigenvalue weighted by Crippen LogP contribution is -2.38. The van der Waals surface area contributed by atoms with Crippen LogP contribution in [-0.2, 0) is 0 Å². The van der Waals surface area contributed by atoms with E-state index in [1.165, 1.54) is 0 Å². The lowest BCUT2D eigenvalue weighted by atomic mass is 9.98. The summed E-state index contributed by atoms with van der Waals surface area (Å²) < 4.78 is 0. The highest BCUT2D eigenvalue weighted by Crippen LogP contribution is 2.33. The van der Waals surface area contributed by atoms with E-state index < -0.39 is 6.03 Å². The van der Waals surface area contributed by atoms with Gasteiger partial charge in [0.1, 0.15) is 0 Å². The third kappa shape index (κ3) is 3.24. The van der Waals surface area contributed by atoms with E-state index in [1.54, 1.807) is 4.90 Å². The van der Waals surface area contributed by atoms with Gasteiger partial charge in [0.2, 0.25) is 0 Å². The van der Waals surface area contributed by atoms with E-state index in [0.29, 0.717) is 5.92 Å². The van der Waals surface area contributed by atoms with Gasteiger partial charge in [-0.25, -0.2) is 4.79 Å². The molecule has 0 aliphatic carbocycles. The summed E-state index contributed by atoms with van der Waals surface area (Å²) in [5.74, 6) is 0.325. The Bertz CT molecular complexity index is 608. The van der Waals surface area contributed by atoms with E-state index >= 15 is 0 Å². The second-order valence-electron chi connectivity index (χ2n) is 5.51. The molecule has 1 unspecified atom stereocenters. The summed E-state index contributed by atoms with van der Waals surface area (Å²) in [5.41, 5.74) is 8.74. The van der Waals surface area contributed by atoms with Crippen LogP contribution in [0.1, 0.15) is 43.9 Å². The van der Waals surface area contributed by atoms with Crippen LogP contribution < -0.4 is 10.6 Å². The highest BCUT2D eigenvalue weighted by molar-refractivity contribution is 5.92. The Kier molecular flexibility index (Phi) is 4.63. The predicted octanol–water partition coefficient (Wildman–Crippen LogP) is 4.46. The number of nitrogens with two attached hydrogens (primary N) is 1. The number of carbonyl (C=O) groups is 1. The minimum Gasteiger partial charge on any atom is -0.351 e. The molecule has 2 aromatic rings. The van der Waals surface area contributed by atoms with Crippen LogP contribution in [-0.4, -0.2) is 6.03 Å². The van der Waals surface area contributed by atoms with Crippen molar-refractivity contribution in [2.24, 2.45) is 5.73 Å². The van der Waals surface area contributed by atoms with Gasteiger partial charge in [0.25, 0.3) is 0 Å². The zero-order valence-electron chi connectivity index (χ0n) is 12.8. The third-order valence-corrected chi connectivity index (χ3v) is 3.73. The average molecular weight is 282 g/mol. The lowest BCUT2D eigenvalue weighted by Gasteiger charge is -2.30. The maximum atomic E-state index is 12.0. The number of benzene rings is 2.